The van der Waals surface area contributed by atoms with Crippen LogP contribution in [0.15, 0.2) is 18.2 Å². The number of nitrogens with one attached hydrogen (secondary N) is 1. The normalized spacial score (nSPS) is 14.6. The summed E-state index contributed by atoms with van der Waals surface area (Å²) >= 11 is 6.09. The minimum absolute atomic E-state index is 0.177. The Bertz CT molecular complexity index is 586. The van der Waals surface area contributed by atoms with Gasteiger partial charge in [0.25, 0.3) is 0 Å². The molecule has 1 aromatic carbocycles. The number of aryl methyl sites for hydroxylation is 1. The van der Waals surface area contributed by atoms with Crippen LogP contribution in [0.4, 0.5) is 10.5 Å². The van der Waals surface area contributed by atoms with E-state index in [4.69, 9.17) is 17.3 Å². The molecule has 3 amide bonds. The number of rotatable bonds is 6. The van der Waals surface area contributed by atoms with Gasteiger partial charge in [0.2, 0.25) is 5.91 Å². The zero-order chi connectivity index (χ0) is 17.5. The molecule has 0 aromatic heterocycles. The molecule has 0 spiro atoms. The molecule has 1 heterocycles. The van der Waals surface area contributed by atoms with E-state index in [0.717, 1.165) is 49.7 Å². The Morgan fingerprint density at radius 3 is 2.58 bits per heavy atom. The fourth-order valence-corrected chi connectivity index (χ4v) is 3.06. The van der Waals surface area contributed by atoms with Crippen molar-refractivity contribution in [3.8, 4) is 0 Å². The molecule has 2 rings (SSSR count). The smallest absolute Gasteiger partial charge is 0.312 e. The molecule has 0 aliphatic carbocycles. The second kappa shape index (κ2) is 8.78. The minimum Gasteiger partial charge on any atom is -0.368 e. The van der Waals surface area contributed by atoms with Crippen molar-refractivity contribution in [2.75, 3.05) is 37.6 Å². The number of anilines is 1. The molecule has 0 saturated carbocycles. The Kier molecular flexibility index (Phi) is 6.73. The Hall–Kier alpha value is -1.95. The van der Waals surface area contributed by atoms with Gasteiger partial charge in [-0.05, 0) is 37.5 Å². The van der Waals surface area contributed by atoms with Crippen molar-refractivity contribution in [2.24, 2.45) is 5.73 Å². The molecule has 1 aliphatic heterocycles. The zero-order valence-electron chi connectivity index (χ0n) is 14.1. The standard InChI is InChI=1S/C17H25ClN4O2/c1-13-5-6-14(18)12-15(13)21-8-10-22(11-9-21)16(23)4-2-3-7-20-17(19)24/h5-6,12H,2-4,7-11H2,1H3,(H3,19,20,24). The number of carbonyl (C=O) groups excluding carboxylic acids is 2. The molecule has 0 bridgehead atoms. The fraction of sp³-hybridized carbons (Fsp3) is 0.529. The Morgan fingerprint density at radius 1 is 1.21 bits per heavy atom. The van der Waals surface area contributed by atoms with Gasteiger partial charge >= 0.3 is 6.03 Å². The molecule has 1 fully saturated rings. The van der Waals surface area contributed by atoms with E-state index in [2.05, 4.69) is 17.1 Å². The highest BCUT2D eigenvalue weighted by atomic mass is 35.5. The van der Waals surface area contributed by atoms with Gasteiger partial charge in [0, 0.05) is 49.9 Å². The molecule has 132 valence electrons. The van der Waals surface area contributed by atoms with Crippen LogP contribution in [0, 0.1) is 6.92 Å². The van der Waals surface area contributed by atoms with E-state index < -0.39 is 6.03 Å². The highest BCUT2D eigenvalue weighted by Crippen LogP contribution is 2.25. The largest absolute Gasteiger partial charge is 0.368 e. The number of urea groups is 1. The van der Waals surface area contributed by atoms with Crippen LogP contribution in [-0.4, -0.2) is 49.6 Å². The first-order valence-corrected chi connectivity index (χ1v) is 8.67. The predicted octanol–water partition coefficient (Wildman–Crippen LogP) is 2.14. The lowest BCUT2D eigenvalue weighted by Crippen LogP contribution is -2.49. The Labute approximate surface area is 147 Å². The maximum absolute atomic E-state index is 12.2. The predicted molar refractivity (Wildman–Crippen MR) is 96.4 cm³/mol. The van der Waals surface area contributed by atoms with E-state index in [1.165, 1.54) is 5.56 Å². The second-order valence-corrected chi connectivity index (χ2v) is 6.48. The van der Waals surface area contributed by atoms with Gasteiger partial charge in [0.15, 0.2) is 0 Å². The summed E-state index contributed by atoms with van der Waals surface area (Å²) < 4.78 is 0. The molecule has 1 aliphatic rings. The lowest BCUT2D eigenvalue weighted by atomic mass is 10.1. The van der Waals surface area contributed by atoms with Crippen LogP contribution in [-0.2, 0) is 4.79 Å². The molecular formula is C17H25ClN4O2. The molecule has 3 N–H and O–H groups in total. The molecule has 0 unspecified atom stereocenters. The number of primary amides is 1. The SMILES string of the molecule is Cc1ccc(Cl)cc1N1CCN(C(=O)CCCCNC(N)=O)CC1. The fourth-order valence-electron chi connectivity index (χ4n) is 2.89. The maximum atomic E-state index is 12.2. The summed E-state index contributed by atoms with van der Waals surface area (Å²) in [7, 11) is 0. The van der Waals surface area contributed by atoms with Gasteiger partial charge in [0.05, 0.1) is 0 Å². The Balaban J connectivity index is 1.75. The van der Waals surface area contributed by atoms with Gasteiger partial charge in [-0.3, -0.25) is 4.79 Å². The van der Waals surface area contributed by atoms with Crippen molar-refractivity contribution in [1.29, 1.82) is 0 Å². The maximum Gasteiger partial charge on any atom is 0.312 e. The van der Waals surface area contributed by atoms with Crippen LogP contribution in [0.1, 0.15) is 24.8 Å². The number of piperazine rings is 1. The second-order valence-electron chi connectivity index (χ2n) is 6.05. The summed E-state index contributed by atoms with van der Waals surface area (Å²) in [5, 5.41) is 3.26. The average molecular weight is 353 g/mol. The third-order valence-corrected chi connectivity index (χ3v) is 4.50. The Morgan fingerprint density at radius 2 is 1.92 bits per heavy atom. The van der Waals surface area contributed by atoms with Crippen molar-refractivity contribution in [3.63, 3.8) is 0 Å². The first-order valence-electron chi connectivity index (χ1n) is 8.29. The first kappa shape index (κ1) is 18.4. The highest BCUT2D eigenvalue weighted by Gasteiger charge is 2.21. The summed E-state index contributed by atoms with van der Waals surface area (Å²) in [6.45, 7) is 5.68. The van der Waals surface area contributed by atoms with Crippen molar-refractivity contribution >= 4 is 29.2 Å². The zero-order valence-corrected chi connectivity index (χ0v) is 14.8. The van der Waals surface area contributed by atoms with Gasteiger partial charge in [-0.1, -0.05) is 17.7 Å². The summed E-state index contributed by atoms with van der Waals surface area (Å²) in [5.74, 6) is 0.177. The molecule has 7 heteroatoms. The molecule has 1 saturated heterocycles. The highest BCUT2D eigenvalue weighted by molar-refractivity contribution is 6.30. The lowest BCUT2D eigenvalue weighted by Gasteiger charge is -2.37. The topological polar surface area (TPSA) is 78.7 Å². The number of carbonyl (C=O) groups is 2. The number of benzene rings is 1. The average Bonchev–Trinajstić information content (AvgIpc) is 2.56. The molecule has 1 aromatic rings. The van der Waals surface area contributed by atoms with Gasteiger partial charge in [-0.2, -0.15) is 0 Å². The van der Waals surface area contributed by atoms with Crippen molar-refractivity contribution in [3.05, 3.63) is 28.8 Å². The van der Waals surface area contributed by atoms with Crippen LogP contribution in [0.2, 0.25) is 5.02 Å². The van der Waals surface area contributed by atoms with Crippen LogP contribution in [0.5, 0.6) is 0 Å². The quantitative estimate of drug-likeness (QED) is 0.770. The van der Waals surface area contributed by atoms with Crippen molar-refractivity contribution in [2.45, 2.75) is 26.2 Å². The minimum atomic E-state index is -0.520. The van der Waals surface area contributed by atoms with Gasteiger partial charge in [0.1, 0.15) is 0 Å². The number of halogens is 1. The van der Waals surface area contributed by atoms with Gasteiger partial charge in [-0.25, -0.2) is 4.79 Å². The van der Waals surface area contributed by atoms with Crippen LogP contribution >= 0.6 is 11.6 Å². The summed E-state index contributed by atoms with van der Waals surface area (Å²) in [5.41, 5.74) is 7.34. The van der Waals surface area contributed by atoms with Crippen LogP contribution < -0.4 is 16.0 Å². The summed E-state index contributed by atoms with van der Waals surface area (Å²) in [6.07, 6.45) is 2.03. The molecule has 0 atom stereocenters. The monoisotopic (exact) mass is 352 g/mol. The number of nitrogens with two attached hydrogens (primary N) is 1. The third-order valence-electron chi connectivity index (χ3n) is 4.26. The van der Waals surface area contributed by atoms with Crippen LogP contribution in [0.25, 0.3) is 0 Å². The van der Waals surface area contributed by atoms with E-state index >= 15 is 0 Å². The molecule has 0 radical (unpaired) electrons. The van der Waals surface area contributed by atoms with E-state index in [1.807, 2.05) is 23.1 Å². The third kappa shape index (κ3) is 5.30. The van der Waals surface area contributed by atoms with E-state index in [-0.39, 0.29) is 5.91 Å². The van der Waals surface area contributed by atoms with Crippen molar-refractivity contribution < 1.29 is 9.59 Å². The van der Waals surface area contributed by atoms with E-state index in [0.29, 0.717) is 13.0 Å². The van der Waals surface area contributed by atoms with E-state index in [9.17, 15) is 9.59 Å². The van der Waals surface area contributed by atoms with E-state index in [1.54, 1.807) is 0 Å². The van der Waals surface area contributed by atoms with Crippen molar-refractivity contribution in [1.82, 2.24) is 10.2 Å². The lowest BCUT2D eigenvalue weighted by molar-refractivity contribution is -0.131. The van der Waals surface area contributed by atoms with Gasteiger partial charge < -0.3 is 20.9 Å². The first-order chi connectivity index (χ1) is 11.5. The number of amides is 3. The molecule has 6 nitrogen and oxygen atoms in total. The van der Waals surface area contributed by atoms with Crippen LogP contribution in [0.3, 0.4) is 0 Å². The number of nitrogens with zero attached hydrogens (tertiary/aromatic N) is 2. The number of hydrogen-bond donors (Lipinski definition) is 2. The van der Waals surface area contributed by atoms with Gasteiger partial charge in [-0.15, -0.1) is 0 Å². The molecule has 24 heavy (non-hydrogen) atoms. The number of hydrogen-bond acceptors (Lipinski definition) is 3. The number of unbranched alkanes of at least 4 members (excludes halogenated alkanes) is 1. The summed E-state index contributed by atoms with van der Waals surface area (Å²) in [6, 6.07) is 5.39. The summed E-state index contributed by atoms with van der Waals surface area (Å²) in [4.78, 5) is 27.0. The molecular weight excluding hydrogens is 328 g/mol.